The molecule has 16 heavy (non-hydrogen) atoms. The maximum Gasteiger partial charge on any atom is 0.323 e. The molecule has 1 rings (SSSR count). The zero-order valence-electron chi connectivity index (χ0n) is 8.15. The number of anilines is 1. The number of aliphatic hydroxyl groups is 1. The van der Waals surface area contributed by atoms with Crippen molar-refractivity contribution < 1.29 is 20.2 Å². The number of hydrogen-bond donors (Lipinski definition) is 4. The smallest absolute Gasteiger partial charge is 0.323 e. The topological polar surface area (TPSA) is 130 Å². The minimum Gasteiger partial charge on any atom is -0.733 e. The van der Waals surface area contributed by atoms with E-state index in [1.54, 1.807) is 0 Å². The maximum atomic E-state index is 10.5. The Bertz CT molecular complexity index is 365. The van der Waals surface area contributed by atoms with E-state index in [2.05, 4.69) is 0 Å². The Morgan fingerprint density at radius 3 is 2.25 bits per heavy atom. The summed E-state index contributed by atoms with van der Waals surface area (Å²) < 4.78 is 0. The summed E-state index contributed by atoms with van der Waals surface area (Å²) >= 11 is 0. The molecular weight excluding hydrogens is 216 g/mol. The average Bonchev–Trinajstić information content (AvgIpc) is 2.27. The van der Waals surface area contributed by atoms with Gasteiger partial charge in [0.05, 0.1) is 5.69 Å². The summed E-state index contributed by atoms with van der Waals surface area (Å²) in [4.78, 5) is 10.5. The summed E-state index contributed by atoms with van der Waals surface area (Å²) in [5.41, 5.74) is 5.44. The molecule has 0 heterocycles. The van der Waals surface area contributed by atoms with Crippen molar-refractivity contribution in [3.8, 4) is 0 Å². The van der Waals surface area contributed by atoms with Gasteiger partial charge in [0.15, 0.2) is 0 Å². The van der Waals surface area contributed by atoms with E-state index in [1.807, 2.05) is 0 Å². The van der Waals surface area contributed by atoms with Crippen LogP contribution in [-0.2, 0) is 4.79 Å². The number of rotatable bonds is 4. The molecule has 2 atom stereocenters. The Labute approximate surface area is 90.9 Å². The molecule has 0 aliphatic heterocycles. The van der Waals surface area contributed by atoms with Crippen LogP contribution in [0.15, 0.2) is 24.3 Å². The van der Waals surface area contributed by atoms with Gasteiger partial charge >= 0.3 is 5.97 Å². The molecule has 5 N–H and O–H groups in total. The van der Waals surface area contributed by atoms with E-state index in [0.717, 1.165) is 0 Å². The van der Waals surface area contributed by atoms with Crippen molar-refractivity contribution in [1.29, 1.82) is 0 Å². The molecule has 0 radical (unpaired) electrons. The van der Waals surface area contributed by atoms with Gasteiger partial charge in [-0.1, -0.05) is 12.1 Å². The summed E-state index contributed by atoms with van der Waals surface area (Å²) in [5, 5.41) is 36.8. The average molecular weight is 227 g/mol. The van der Waals surface area contributed by atoms with Gasteiger partial charge in [0.2, 0.25) is 0 Å². The van der Waals surface area contributed by atoms with Crippen LogP contribution in [0.3, 0.4) is 0 Å². The number of hydrogen-bond acceptors (Lipinski definition) is 6. The molecule has 7 heteroatoms. The molecule has 0 saturated heterocycles. The van der Waals surface area contributed by atoms with Crippen LogP contribution in [0.25, 0.3) is 0 Å². The number of carbonyl (C=O) groups is 1. The minimum absolute atomic E-state index is 0.0279. The van der Waals surface area contributed by atoms with Gasteiger partial charge in [-0.2, -0.15) is 0 Å². The molecule has 0 fully saturated rings. The molecule has 7 nitrogen and oxygen atoms in total. The third-order valence-electron chi connectivity index (χ3n) is 2.08. The first-order valence-electron chi connectivity index (χ1n) is 4.36. The van der Waals surface area contributed by atoms with Crippen LogP contribution < -0.4 is 11.0 Å². The third-order valence-corrected chi connectivity index (χ3v) is 2.08. The molecule has 1 aromatic carbocycles. The lowest BCUT2D eigenvalue weighted by molar-refractivity contribution is -0.141. The first-order valence-corrected chi connectivity index (χ1v) is 4.36. The van der Waals surface area contributed by atoms with E-state index in [4.69, 9.17) is 16.0 Å². The number of benzene rings is 1. The van der Waals surface area contributed by atoms with Gasteiger partial charge in [0, 0.05) is 0 Å². The summed E-state index contributed by atoms with van der Waals surface area (Å²) in [6.45, 7) is 0. The molecule has 88 valence electrons. The van der Waals surface area contributed by atoms with Crippen LogP contribution in [0.2, 0.25) is 0 Å². The molecule has 0 spiro atoms. The van der Waals surface area contributed by atoms with Crippen molar-refractivity contribution in [3.63, 3.8) is 0 Å². The molecular formula is C9H11N2O5-. The van der Waals surface area contributed by atoms with Gasteiger partial charge in [-0.25, -0.2) is 0 Å². The second kappa shape index (κ2) is 4.90. The first-order chi connectivity index (χ1) is 7.43. The van der Waals surface area contributed by atoms with Crippen molar-refractivity contribution >= 4 is 11.7 Å². The maximum absolute atomic E-state index is 10.5. The van der Waals surface area contributed by atoms with Crippen molar-refractivity contribution in [2.24, 2.45) is 5.73 Å². The van der Waals surface area contributed by atoms with Gasteiger partial charge < -0.3 is 26.4 Å². The van der Waals surface area contributed by atoms with Crippen LogP contribution in [0.1, 0.15) is 11.7 Å². The molecule has 0 unspecified atom stereocenters. The van der Waals surface area contributed by atoms with E-state index in [-0.39, 0.29) is 16.5 Å². The molecule has 1 aromatic rings. The van der Waals surface area contributed by atoms with Gasteiger partial charge in [-0.3, -0.25) is 10.0 Å². The molecule has 0 amide bonds. The quantitative estimate of drug-likeness (QED) is 0.525. The fourth-order valence-corrected chi connectivity index (χ4v) is 1.14. The minimum atomic E-state index is -1.44. The van der Waals surface area contributed by atoms with Crippen molar-refractivity contribution in [1.82, 2.24) is 0 Å². The lowest BCUT2D eigenvalue weighted by atomic mass is 10.0. The second-order valence-electron chi connectivity index (χ2n) is 3.17. The predicted molar refractivity (Wildman–Crippen MR) is 54.6 cm³/mol. The van der Waals surface area contributed by atoms with Crippen LogP contribution >= 0.6 is 0 Å². The SMILES string of the molecule is N[C@@H](C(=O)O)[C@H](O)c1ccc(N([O-])O)cc1. The standard InChI is InChI=1S/C9H11N2O5/c10-7(9(13)14)8(12)5-1-3-6(4-2-5)11(15)16/h1-4,7-8,12,15H,10H2,(H,13,14)/q-1/t7-,8-/m1/s1. The Balaban J connectivity index is 2.85. The number of carboxylic acids is 1. The molecule has 0 bridgehead atoms. The predicted octanol–water partition coefficient (Wildman–Crippen LogP) is -0.175. The molecule has 0 aliphatic rings. The van der Waals surface area contributed by atoms with Gasteiger partial charge in [0.1, 0.15) is 12.1 Å². The highest BCUT2D eigenvalue weighted by atomic mass is 16.8. The van der Waals surface area contributed by atoms with E-state index in [1.165, 1.54) is 24.3 Å². The monoisotopic (exact) mass is 227 g/mol. The van der Waals surface area contributed by atoms with Crippen LogP contribution in [0.4, 0.5) is 5.69 Å². The fraction of sp³-hybridized carbons (Fsp3) is 0.222. The Morgan fingerprint density at radius 2 is 1.88 bits per heavy atom. The number of nitrogens with two attached hydrogens (primary N) is 1. The zero-order valence-corrected chi connectivity index (χ0v) is 8.15. The van der Waals surface area contributed by atoms with Crippen molar-refractivity contribution in [3.05, 3.63) is 35.0 Å². The highest BCUT2D eigenvalue weighted by Gasteiger charge is 2.23. The number of aliphatic hydroxyl groups excluding tert-OH is 1. The zero-order chi connectivity index (χ0) is 12.3. The highest BCUT2D eigenvalue weighted by Crippen LogP contribution is 2.19. The van der Waals surface area contributed by atoms with Crippen molar-refractivity contribution in [2.45, 2.75) is 12.1 Å². The first kappa shape index (κ1) is 12.4. The number of carboxylic acid groups (broad SMARTS) is 1. The third kappa shape index (κ3) is 2.67. The highest BCUT2D eigenvalue weighted by molar-refractivity contribution is 5.74. The Hall–Kier alpha value is -1.67. The van der Waals surface area contributed by atoms with Crippen LogP contribution in [0, 0.1) is 5.21 Å². The normalized spacial score (nSPS) is 14.2. The second-order valence-corrected chi connectivity index (χ2v) is 3.17. The van der Waals surface area contributed by atoms with Gasteiger partial charge in [-0.05, 0) is 17.7 Å². The van der Waals surface area contributed by atoms with E-state index in [9.17, 15) is 15.1 Å². The summed E-state index contributed by atoms with van der Waals surface area (Å²) in [6.07, 6.45) is -1.37. The molecule has 0 aromatic heterocycles. The lowest BCUT2D eigenvalue weighted by Crippen LogP contribution is -2.36. The van der Waals surface area contributed by atoms with E-state index < -0.39 is 18.1 Å². The number of aliphatic carboxylic acids is 1. The van der Waals surface area contributed by atoms with E-state index >= 15 is 0 Å². The van der Waals surface area contributed by atoms with Gasteiger partial charge in [0.25, 0.3) is 0 Å². The van der Waals surface area contributed by atoms with Gasteiger partial charge in [-0.15, -0.1) is 0 Å². The number of nitrogens with zero attached hydrogens (tertiary/aromatic N) is 1. The largest absolute Gasteiger partial charge is 0.733 e. The van der Waals surface area contributed by atoms with Crippen LogP contribution in [0.5, 0.6) is 0 Å². The summed E-state index contributed by atoms with van der Waals surface area (Å²) in [6, 6.07) is 3.65. The molecule has 0 aliphatic carbocycles. The summed E-state index contributed by atoms with van der Waals surface area (Å²) in [5.74, 6) is -1.33. The van der Waals surface area contributed by atoms with Crippen molar-refractivity contribution in [2.75, 3.05) is 5.23 Å². The van der Waals surface area contributed by atoms with Crippen LogP contribution in [-0.4, -0.2) is 27.4 Å². The fourth-order valence-electron chi connectivity index (χ4n) is 1.14. The Kier molecular flexibility index (Phi) is 3.80. The Morgan fingerprint density at radius 1 is 1.38 bits per heavy atom. The molecule has 0 saturated carbocycles. The summed E-state index contributed by atoms with van der Waals surface area (Å²) in [7, 11) is 0. The van der Waals surface area contributed by atoms with E-state index in [0.29, 0.717) is 0 Å². The lowest BCUT2D eigenvalue weighted by Gasteiger charge is -2.22.